The molecule has 6 heteroatoms. The van der Waals surface area contributed by atoms with Gasteiger partial charge in [-0.3, -0.25) is 14.4 Å². The zero-order chi connectivity index (χ0) is 13.1. The molecule has 0 saturated carbocycles. The van der Waals surface area contributed by atoms with Crippen molar-refractivity contribution in [2.45, 2.75) is 39.5 Å². The molecule has 2 rings (SSSR count). The van der Waals surface area contributed by atoms with Crippen LogP contribution in [0.1, 0.15) is 39.5 Å². The zero-order valence-corrected chi connectivity index (χ0v) is 10.4. The van der Waals surface area contributed by atoms with E-state index in [0.29, 0.717) is 5.06 Å². The Kier molecular flexibility index (Phi) is 8.95. The van der Waals surface area contributed by atoms with Gasteiger partial charge in [0.15, 0.2) is 0 Å². The Morgan fingerprint density at radius 3 is 1.88 bits per heavy atom. The van der Waals surface area contributed by atoms with E-state index in [1.807, 2.05) is 13.8 Å². The minimum atomic E-state index is -0.461. The van der Waals surface area contributed by atoms with Crippen LogP contribution in [0.2, 0.25) is 0 Å². The second-order valence-corrected chi connectivity index (χ2v) is 3.24. The molecule has 2 amide bonds. The Bertz CT molecular complexity index is 228. The summed E-state index contributed by atoms with van der Waals surface area (Å²) in [5.41, 5.74) is 0. The zero-order valence-electron chi connectivity index (χ0n) is 10.4. The molecule has 2 aliphatic heterocycles. The van der Waals surface area contributed by atoms with Gasteiger partial charge in [-0.25, -0.2) is 0 Å². The molecule has 0 radical (unpaired) electrons. The van der Waals surface area contributed by atoms with Crippen molar-refractivity contribution in [3.63, 3.8) is 0 Å². The fourth-order valence-corrected chi connectivity index (χ4v) is 1.34. The summed E-state index contributed by atoms with van der Waals surface area (Å²) in [6, 6.07) is 0. The predicted molar refractivity (Wildman–Crippen MR) is 61.7 cm³/mol. The van der Waals surface area contributed by atoms with E-state index in [0.717, 1.165) is 0 Å². The van der Waals surface area contributed by atoms with Gasteiger partial charge in [0.2, 0.25) is 0 Å². The number of hydrogen-bond donors (Lipinski definition) is 1. The molecular weight excluding hydrogens is 224 g/mol. The van der Waals surface area contributed by atoms with Crippen LogP contribution in [0.3, 0.4) is 0 Å². The predicted octanol–water partition coefficient (Wildman–Crippen LogP) is 0.619. The topological polar surface area (TPSA) is 75.7 Å². The second kappa shape index (κ2) is 9.77. The van der Waals surface area contributed by atoms with Crippen LogP contribution in [-0.2, 0) is 19.2 Å². The second-order valence-electron chi connectivity index (χ2n) is 3.24. The number of carbonyl (C=O) groups is 3. The van der Waals surface area contributed by atoms with Crippen LogP contribution in [0.15, 0.2) is 0 Å². The third kappa shape index (κ3) is 6.01. The first-order valence-corrected chi connectivity index (χ1v) is 5.92. The Hall–Kier alpha value is -1.43. The first kappa shape index (κ1) is 15.6. The number of carbonyl (C=O) groups excluding carboxylic acids is 3. The number of nitrogens with zero attached hydrogens (tertiary/aromatic N) is 1. The van der Waals surface area contributed by atoms with Gasteiger partial charge in [-0.2, -0.15) is 0 Å². The molecule has 0 aromatic carbocycles. The standard InChI is InChI=1S/C5H5NO4.C4H9N.C2H6/c7-3-10-6-4(8)1-2-5(6)9;1-2-4-5-3-1;1-2/h3H,1-2H2;5H,1-4H2;1-2H3. The van der Waals surface area contributed by atoms with E-state index >= 15 is 0 Å². The summed E-state index contributed by atoms with van der Waals surface area (Å²) in [6.07, 6.45) is 3.04. The highest BCUT2D eigenvalue weighted by molar-refractivity contribution is 6.01. The van der Waals surface area contributed by atoms with Crippen LogP contribution >= 0.6 is 0 Å². The van der Waals surface area contributed by atoms with Gasteiger partial charge in [0.25, 0.3) is 11.8 Å². The van der Waals surface area contributed by atoms with Crippen molar-refractivity contribution in [1.29, 1.82) is 0 Å². The minimum absolute atomic E-state index is 0.0567. The van der Waals surface area contributed by atoms with E-state index in [1.54, 1.807) is 0 Å². The summed E-state index contributed by atoms with van der Waals surface area (Å²) in [4.78, 5) is 35.0. The van der Waals surface area contributed by atoms with Crippen molar-refractivity contribution in [2.75, 3.05) is 13.1 Å². The van der Waals surface area contributed by atoms with Crippen molar-refractivity contribution >= 4 is 18.3 Å². The quantitative estimate of drug-likeness (QED) is 0.569. The first-order valence-electron chi connectivity index (χ1n) is 5.92. The molecule has 0 unspecified atom stereocenters. The number of hydrogen-bond acceptors (Lipinski definition) is 5. The van der Waals surface area contributed by atoms with Crippen LogP contribution in [0.25, 0.3) is 0 Å². The molecule has 0 atom stereocenters. The molecular formula is C11H20N2O4. The SMILES string of the molecule is C1CCNC1.CC.O=CON1C(=O)CCC1=O. The number of rotatable bonds is 2. The largest absolute Gasteiger partial charge is 0.334 e. The fraction of sp³-hybridized carbons (Fsp3) is 0.727. The van der Waals surface area contributed by atoms with Gasteiger partial charge in [-0.15, -0.1) is 5.06 Å². The summed E-state index contributed by atoms with van der Waals surface area (Å²) in [7, 11) is 0. The normalized spacial score (nSPS) is 17.9. The summed E-state index contributed by atoms with van der Waals surface area (Å²) < 4.78 is 0. The van der Waals surface area contributed by atoms with Gasteiger partial charge >= 0.3 is 6.47 Å². The van der Waals surface area contributed by atoms with E-state index in [1.165, 1.54) is 25.9 Å². The lowest BCUT2D eigenvalue weighted by Crippen LogP contribution is -2.28. The number of hydroxylamine groups is 2. The molecule has 0 bridgehead atoms. The highest BCUT2D eigenvalue weighted by Gasteiger charge is 2.30. The van der Waals surface area contributed by atoms with Crippen molar-refractivity contribution in [3.8, 4) is 0 Å². The van der Waals surface area contributed by atoms with Crippen molar-refractivity contribution < 1.29 is 19.2 Å². The van der Waals surface area contributed by atoms with Crippen LogP contribution < -0.4 is 5.32 Å². The molecule has 2 aliphatic rings. The highest BCUT2D eigenvalue weighted by Crippen LogP contribution is 2.10. The van der Waals surface area contributed by atoms with Gasteiger partial charge in [0, 0.05) is 12.8 Å². The van der Waals surface area contributed by atoms with Crippen molar-refractivity contribution in [3.05, 3.63) is 0 Å². The van der Waals surface area contributed by atoms with Gasteiger partial charge in [0.05, 0.1) is 0 Å². The Labute approximate surface area is 101 Å². The maximum absolute atomic E-state index is 10.6. The van der Waals surface area contributed by atoms with Crippen molar-refractivity contribution in [1.82, 2.24) is 10.4 Å². The Morgan fingerprint density at radius 2 is 1.59 bits per heavy atom. The van der Waals surface area contributed by atoms with E-state index in [4.69, 9.17) is 0 Å². The van der Waals surface area contributed by atoms with E-state index in [2.05, 4.69) is 10.2 Å². The molecule has 2 saturated heterocycles. The third-order valence-corrected chi connectivity index (χ3v) is 2.11. The summed E-state index contributed by atoms with van der Waals surface area (Å²) in [5, 5.41) is 3.70. The maximum atomic E-state index is 10.6. The molecule has 6 nitrogen and oxygen atoms in total. The molecule has 98 valence electrons. The van der Waals surface area contributed by atoms with Crippen LogP contribution in [0.5, 0.6) is 0 Å². The Balaban J connectivity index is 0.000000306. The fourth-order valence-electron chi connectivity index (χ4n) is 1.34. The first-order chi connectivity index (χ1) is 8.25. The molecule has 2 heterocycles. The average molecular weight is 244 g/mol. The van der Waals surface area contributed by atoms with Gasteiger partial charge in [0.1, 0.15) is 0 Å². The lowest BCUT2D eigenvalue weighted by atomic mass is 10.4. The smallest absolute Gasteiger partial charge is 0.321 e. The molecule has 0 aromatic rings. The van der Waals surface area contributed by atoms with E-state index < -0.39 is 11.8 Å². The minimum Gasteiger partial charge on any atom is -0.334 e. The molecule has 0 aromatic heterocycles. The van der Waals surface area contributed by atoms with Gasteiger partial charge < -0.3 is 10.2 Å². The third-order valence-electron chi connectivity index (χ3n) is 2.11. The van der Waals surface area contributed by atoms with Crippen LogP contribution in [-0.4, -0.2) is 36.4 Å². The number of nitrogens with one attached hydrogen (secondary N) is 1. The summed E-state index contributed by atoms with van der Waals surface area (Å²) in [6.45, 7) is 6.56. The van der Waals surface area contributed by atoms with Crippen LogP contribution in [0.4, 0.5) is 0 Å². The number of amides is 2. The van der Waals surface area contributed by atoms with E-state index in [-0.39, 0.29) is 19.3 Å². The summed E-state index contributed by atoms with van der Waals surface area (Å²) >= 11 is 0. The highest BCUT2D eigenvalue weighted by atomic mass is 16.7. The van der Waals surface area contributed by atoms with Gasteiger partial charge in [-0.1, -0.05) is 13.8 Å². The molecule has 1 N–H and O–H groups in total. The molecule has 17 heavy (non-hydrogen) atoms. The monoisotopic (exact) mass is 244 g/mol. The lowest BCUT2D eigenvalue weighted by molar-refractivity contribution is -0.188. The number of imide groups is 1. The maximum Gasteiger partial charge on any atom is 0.321 e. The molecule has 2 fully saturated rings. The van der Waals surface area contributed by atoms with E-state index in [9.17, 15) is 14.4 Å². The average Bonchev–Trinajstić information content (AvgIpc) is 3.01. The molecule has 0 aliphatic carbocycles. The van der Waals surface area contributed by atoms with Crippen molar-refractivity contribution in [2.24, 2.45) is 0 Å². The van der Waals surface area contributed by atoms with Gasteiger partial charge in [-0.05, 0) is 25.9 Å². The van der Waals surface area contributed by atoms with Crippen LogP contribution in [0, 0.1) is 0 Å². The lowest BCUT2D eigenvalue weighted by Gasteiger charge is -2.06. The Morgan fingerprint density at radius 1 is 1.12 bits per heavy atom. The summed E-state index contributed by atoms with van der Waals surface area (Å²) in [5.74, 6) is -0.922. The molecule has 0 spiro atoms.